The van der Waals surface area contributed by atoms with E-state index in [1.807, 2.05) is 4.90 Å². The summed E-state index contributed by atoms with van der Waals surface area (Å²) in [6, 6.07) is 0. The van der Waals surface area contributed by atoms with Crippen LogP contribution in [-0.2, 0) is 19.9 Å². The molecule has 1 saturated heterocycles. The number of nitrogens with one attached hydrogen (secondary N) is 2. The largest absolute Gasteiger partial charge is 0.354 e. The van der Waals surface area contributed by atoms with Crippen LogP contribution in [0.2, 0.25) is 0 Å². The summed E-state index contributed by atoms with van der Waals surface area (Å²) in [4.78, 5) is 6.07. The summed E-state index contributed by atoms with van der Waals surface area (Å²) in [5, 5.41) is 3.12. The molecule has 0 bridgehead atoms. The van der Waals surface area contributed by atoms with Gasteiger partial charge in [-0.1, -0.05) is 0 Å². The molecule has 0 atom stereocenters. The first kappa shape index (κ1) is 20.2. The molecule has 0 amide bonds. The van der Waals surface area contributed by atoms with Gasteiger partial charge in [0, 0.05) is 32.2 Å². The monoisotopic (exact) mass is 368 g/mol. The third kappa shape index (κ3) is 5.61. The standard InChI is InChI=1S/C13H28N4O4S2/c1-12(2,16-22(6,18)19)9-15-11(14-5)17-7-8-23(20,21)13(3,4)10-17/h16H,7-10H2,1-6H3,(H,14,15). The van der Waals surface area contributed by atoms with Crippen LogP contribution in [0.4, 0.5) is 0 Å². The first-order chi connectivity index (χ1) is 10.2. The fourth-order valence-electron chi connectivity index (χ4n) is 2.49. The highest BCUT2D eigenvalue weighted by atomic mass is 32.2. The molecule has 23 heavy (non-hydrogen) atoms. The second kappa shape index (κ2) is 6.56. The predicted octanol–water partition coefficient (Wildman–Crippen LogP) is -0.601. The van der Waals surface area contributed by atoms with Gasteiger partial charge in [-0.2, -0.15) is 0 Å². The lowest BCUT2D eigenvalue weighted by Crippen LogP contribution is -2.59. The normalized spacial score (nSPS) is 22.0. The zero-order valence-corrected chi connectivity index (χ0v) is 16.3. The molecule has 1 aliphatic rings. The molecule has 0 aromatic carbocycles. The molecule has 136 valence electrons. The van der Waals surface area contributed by atoms with Crippen molar-refractivity contribution in [3.63, 3.8) is 0 Å². The Morgan fingerprint density at radius 3 is 2.35 bits per heavy atom. The molecule has 0 aromatic rings. The minimum atomic E-state index is -3.32. The van der Waals surface area contributed by atoms with Gasteiger partial charge in [0.05, 0.1) is 16.8 Å². The van der Waals surface area contributed by atoms with Crippen molar-refractivity contribution in [3.8, 4) is 0 Å². The maximum atomic E-state index is 12.1. The molecule has 10 heteroatoms. The summed E-state index contributed by atoms with van der Waals surface area (Å²) in [6.07, 6.45) is 1.11. The zero-order chi connectivity index (χ0) is 18.1. The molecule has 8 nitrogen and oxygen atoms in total. The van der Waals surface area contributed by atoms with E-state index in [1.54, 1.807) is 34.7 Å². The van der Waals surface area contributed by atoms with Crippen LogP contribution < -0.4 is 10.0 Å². The molecule has 1 aliphatic heterocycles. The number of sulfonamides is 1. The Morgan fingerprint density at radius 2 is 1.91 bits per heavy atom. The van der Waals surface area contributed by atoms with E-state index in [0.29, 0.717) is 25.6 Å². The molecule has 0 saturated carbocycles. The molecular weight excluding hydrogens is 340 g/mol. The lowest BCUT2D eigenvalue weighted by Gasteiger charge is -2.39. The van der Waals surface area contributed by atoms with Crippen LogP contribution in [-0.4, -0.2) is 76.7 Å². The zero-order valence-electron chi connectivity index (χ0n) is 14.7. The lowest BCUT2D eigenvalue weighted by atomic mass is 10.1. The first-order valence-corrected chi connectivity index (χ1v) is 10.9. The minimum Gasteiger partial charge on any atom is -0.354 e. The smallest absolute Gasteiger partial charge is 0.209 e. The Morgan fingerprint density at radius 1 is 1.35 bits per heavy atom. The van der Waals surface area contributed by atoms with E-state index in [9.17, 15) is 16.8 Å². The van der Waals surface area contributed by atoms with Crippen molar-refractivity contribution in [2.45, 2.75) is 38.0 Å². The Bertz CT molecular complexity index is 666. The average molecular weight is 369 g/mol. The van der Waals surface area contributed by atoms with E-state index in [4.69, 9.17) is 0 Å². The van der Waals surface area contributed by atoms with E-state index in [1.165, 1.54) is 0 Å². The van der Waals surface area contributed by atoms with Crippen LogP contribution in [0.15, 0.2) is 4.99 Å². The van der Waals surface area contributed by atoms with Crippen LogP contribution >= 0.6 is 0 Å². The summed E-state index contributed by atoms with van der Waals surface area (Å²) >= 11 is 0. The molecule has 0 radical (unpaired) electrons. The average Bonchev–Trinajstić information content (AvgIpc) is 2.31. The second-order valence-corrected chi connectivity index (χ2v) is 11.7. The van der Waals surface area contributed by atoms with E-state index < -0.39 is 30.1 Å². The van der Waals surface area contributed by atoms with Crippen LogP contribution in [0.1, 0.15) is 27.7 Å². The van der Waals surface area contributed by atoms with Gasteiger partial charge in [0.1, 0.15) is 0 Å². The number of hydrogen-bond donors (Lipinski definition) is 2. The van der Waals surface area contributed by atoms with Gasteiger partial charge in [0.2, 0.25) is 10.0 Å². The molecule has 1 fully saturated rings. The van der Waals surface area contributed by atoms with Gasteiger partial charge >= 0.3 is 0 Å². The van der Waals surface area contributed by atoms with Crippen LogP contribution in [0, 0.1) is 0 Å². The summed E-state index contributed by atoms with van der Waals surface area (Å²) in [6.45, 7) is 7.97. The van der Waals surface area contributed by atoms with Gasteiger partial charge < -0.3 is 10.2 Å². The van der Waals surface area contributed by atoms with Gasteiger partial charge in [0.15, 0.2) is 15.8 Å². The lowest BCUT2D eigenvalue weighted by molar-refractivity contribution is 0.346. The van der Waals surface area contributed by atoms with Crippen LogP contribution in [0.3, 0.4) is 0 Å². The number of nitrogens with zero attached hydrogens (tertiary/aromatic N) is 2. The minimum absolute atomic E-state index is 0.0751. The van der Waals surface area contributed by atoms with Crippen molar-refractivity contribution >= 4 is 25.8 Å². The Balaban J connectivity index is 2.77. The molecular formula is C13H28N4O4S2. The Hall–Kier alpha value is -0.870. The Labute approximate surface area is 139 Å². The second-order valence-electron chi connectivity index (χ2n) is 7.16. The molecule has 0 aromatic heterocycles. The maximum absolute atomic E-state index is 12.1. The highest BCUT2D eigenvalue weighted by molar-refractivity contribution is 7.92. The van der Waals surface area contributed by atoms with Gasteiger partial charge in [-0.05, 0) is 27.7 Å². The van der Waals surface area contributed by atoms with Crippen LogP contribution in [0.5, 0.6) is 0 Å². The summed E-state index contributed by atoms with van der Waals surface area (Å²) in [5.74, 6) is 0.641. The number of hydrogen-bond acceptors (Lipinski definition) is 5. The summed E-state index contributed by atoms with van der Waals surface area (Å²) < 4.78 is 48.6. The van der Waals surface area contributed by atoms with Gasteiger partial charge in [-0.25, -0.2) is 21.6 Å². The van der Waals surface area contributed by atoms with Crippen molar-refractivity contribution < 1.29 is 16.8 Å². The molecule has 0 spiro atoms. The fourth-order valence-corrected chi connectivity index (χ4v) is 4.94. The predicted molar refractivity (Wildman–Crippen MR) is 92.9 cm³/mol. The number of sulfone groups is 1. The van der Waals surface area contributed by atoms with Crippen molar-refractivity contribution in [1.29, 1.82) is 0 Å². The quantitative estimate of drug-likeness (QED) is 0.507. The van der Waals surface area contributed by atoms with Crippen molar-refractivity contribution in [2.75, 3.05) is 38.7 Å². The molecule has 1 heterocycles. The number of rotatable bonds is 4. The maximum Gasteiger partial charge on any atom is 0.209 e. The third-order valence-corrected chi connectivity index (χ3v) is 7.16. The third-order valence-electron chi connectivity index (χ3n) is 3.70. The van der Waals surface area contributed by atoms with Crippen molar-refractivity contribution in [1.82, 2.24) is 14.9 Å². The van der Waals surface area contributed by atoms with Crippen molar-refractivity contribution in [2.24, 2.45) is 4.99 Å². The van der Waals surface area contributed by atoms with Crippen molar-refractivity contribution in [3.05, 3.63) is 0 Å². The molecule has 0 aliphatic carbocycles. The fraction of sp³-hybridized carbons (Fsp3) is 0.923. The van der Waals surface area contributed by atoms with E-state index in [2.05, 4.69) is 15.0 Å². The number of aliphatic imine (C=N–C) groups is 1. The topological polar surface area (TPSA) is 108 Å². The SMILES string of the molecule is CN=C(NCC(C)(C)NS(C)(=O)=O)N1CCS(=O)(=O)C(C)(C)C1. The highest BCUT2D eigenvalue weighted by Gasteiger charge is 2.41. The molecule has 0 unspecified atom stereocenters. The van der Waals surface area contributed by atoms with E-state index >= 15 is 0 Å². The van der Waals surface area contributed by atoms with Gasteiger partial charge in [-0.15, -0.1) is 0 Å². The highest BCUT2D eigenvalue weighted by Crippen LogP contribution is 2.23. The van der Waals surface area contributed by atoms with E-state index in [0.717, 1.165) is 6.26 Å². The van der Waals surface area contributed by atoms with Crippen LogP contribution in [0.25, 0.3) is 0 Å². The first-order valence-electron chi connectivity index (χ1n) is 7.36. The van der Waals surface area contributed by atoms with Gasteiger partial charge in [0.25, 0.3) is 0 Å². The van der Waals surface area contributed by atoms with Gasteiger partial charge in [-0.3, -0.25) is 4.99 Å². The van der Waals surface area contributed by atoms with E-state index in [-0.39, 0.29) is 5.75 Å². The molecule has 1 rings (SSSR count). The summed E-state index contributed by atoms with van der Waals surface area (Å²) in [5.41, 5.74) is -0.694. The molecule has 2 N–H and O–H groups in total. The Kier molecular flexibility index (Phi) is 5.75. The summed E-state index contributed by atoms with van der Waals surface area (Å²) in [7, 11) is -4.82. The number of guanidine groups is 1.